The first-order valence-corrected chi connectivity index (χ1v) is 9.32. The van der Waals surface area contributed by atoms with E-state index in [0.29, 0.717) is 49.3 Å². The van der Waals surface area contributed by atoms with Crippen LogP contribution in [0.5, 0.6) is 0 Å². The fraction of sp³-hybridized carbons (Fsp3) is 0.412. The van der Waals surface area contributed by atoms with Crippen molar-refractivity contribution in [2.45, 2.75) is 20.0 Å². The Morgan fingerprint density at radius 3 is 2.52 bits per heavy atom. The molecule has 1 aliphatic rings. The lowest BCUT2D eigenvalue weighted by Gasteiger charge is -2.34. The highest BCUT2D eigenvalue weighted by Gasteiger charge is 2.31. The highest BCUT2D eigenvalue weighted by Crippen LogP contribution is 2.24. The molecule has 0 unspecified atom stereocenters. The minimum absolute atomic E-state index is 0.0974. The summed E-state index contributed by atoms with van der Waals surface area (Å²) in [6.07, 6.45) is 1.30. The number of rotatable bonds is 5. The van der Waals surface area contributed by atoms with Gasteiger partial charge in [-0.1, -0.05) is 29.3 Å². The molecule has 8 nitrogen and oxygen atoms in total. The number of aryl methyl sites for hydroxylation is 1. The van der Waals surface area contributed by atoms with E-state index in [-0.39, 0.29) is 11.4 Å². The number of benzene rings is 1. The number of amides is 1. The van der Waals surface area contributed by atoms with Gasteiger partial charge in [0, 0.05) is 39.3 Å². The standard InChI is InChI=1S/C17H19Cl2N5O3/c1-2-23-11-15(24(26)27)16(20-23)17(25)22-7-5-21(6-8-22)10-12-3-4-13(18)14(19)9-12/h3-4,9,11H,2,5-8,10H2,1H3. The molecule has 1 fully saturated rings. The second kappa shape index (κ2) is 8.24. The lowest BCUT2D eigenvalue weighted by molar-refractivity contribution is -0.385. The number of piperazine rings is 1. The van der Waals surface area contributed by atoms with Crippen LogP contribution in [0.2, 0.25) is 10.0 Å². The lowest BCUT2D eigenvalue weighted by atomic mass is 10.2. The average Bonchev–Trinajstić information content (AvgIpc) is 3.10. The first kappa shape index (κ1) is 19.6. The second-order valence-corrected chi connectivity index (χ2v) is 7.11. The summed E-state index contributed by atoms with van der Waals surface area (Å²) in [7, 11) is 0. The highest BCUT2D eigenvalue weighted by molar-refractivity contribution is 6.42. The van der Waals surface area contributed by atoms with Gasteiger partial charge in [-0.15, -0.1) is 0 Å². The van der Waals surface area contributed by atoms with Crippen molar-refractivity contribution in [2.75, 3.05) is 26.2 Å². The Hall–Kier alpha value is -2.16. The first-order chi connectivity index (χ1) is 12.9. The van der Waals surface area contributed by atoms with E-state index in [1.807, 2.05) is 19.1 Å². The third-order valence-electron chi connectivity index (χ3n) is 4.52. The summed E-state index contributed by atoms with van der Waals surface area (Å²) in [4.78, 5) is 27.1. The minimum atomic E-state index is -0.563. The van der Waals surface area contributed by atoms with Crippen LogP contribution in [-0.4, -0.2) is 56.6 Å². The third-order valence-corrected chi connectivity index (χ3v) is 5.25. The molecule has 2 heterocycles. The van der Waals surface area contributed by atoms with Gasteiger partial charge in [-0.3, -0.25) is 24.5 Å². The van der Waals surface area contributed by atoms with E-state index in [0.717, 1.165) is 5.56 Å². The molecule has 0 bridgehead atoms. The molecule has 0 atom stereocenters. The maximum Gasteiger partial charge on any atom is 0.320 e. The van der Waals surface area contributed by atoms with E-state index >= 15 is 0 Å². The van der Waals surface area contributed by atoms with E-state index in [2.05, 4.69) is 10.00 Å². The van der Waals surface area contributed by atoms with Crippen LogP contribution in [0, 0.1) is 10.1 Å². The Labute approximate surface area is 166 Å². The molecule has 10 heteroatoms. The van der Waals surface area contributed by atoms with E-state index in [1.54, 1.807) is 11.0 Å². The maximum absolute atomic E-state index is 12.7. The fourth-order valence-electron chi connectivity index (χ4n) is 3.01. The molecule has 0 N–H and O–H groups in total. The Kier molecular flexibility index (Phi) is 5.98. The van der Waals surface area contributed by atoms with Crippen molar-refractivity contribution in [2.24, 2.45) is 0 Å². The zero-order valence-corrected chi connectivity index (χ0v) is 16.3. The maximum atomic E-state index is 12.7. The summed E-state index contributed by atoms with van der Waals surface area (Å²) in [6, 6.07) is 5.52. The number of nitro groups is 1. The van der Waals surface area contributed by atoms with Gasteiger partial charge in [0.2, 0.25) is 5.69 Å². The summed E-state index contributed by atoms with van der Waals surface area (Å²) < 4.78 is 1.41. The van der Waals surface area contributed by atoms with Crippen LogP contribution in [0.25, 0.3) is 0 Å². The monoisotopic (exact) mass is 411 g/mol. The number of carbonyl (C=O) groups excluding carboxylic acids is 1. The first-order valence-electron chi connectivity index (χ1n) is 8.56. The van der Waals surface area contributed by atoms with Gasteiger partial charge in [-0.2, -0.15) is 5.10 Å². The molecule has 0 spiro atoms. The van der Waals surface area contributed by atoms with Gasteiger partial charge in [-0.05, 0) is 24.6 Å². The normalized spacial score (nSPS) is 15.1. The van der Waals surface area contributed by atoms with E-state index in [4.69, 9.17) is 23.2 Å². The van der Waals surface area contributed by atoms with Gasteiger partial charge in [0.1, 0.15) is 6.20 Å². The molecule has 1 aliphatic heterocycles. The molecule has 1 saturated heterocycles. The Bertz CT molecular complexity index is 862. The zero-order chi connectivity index (χ0) is 19.6. The summed E-state index contributed by atoms with van der Waals surface area (Å²) in [6.45, 7) is 5.26. The number of aromatic nitrogens is 2. The van der Waals surface area contributed by atoms with Crippen molar-refractivity contribution in [3.8, 4) is 0 Å². The molecule has 27 heavy (non-hydrogen) atoms. The fourth-order valence-corrected chi connectivity index (χ4v) is 3.33. The number of carbonyl (C=O) groups is 1. The van der Waals surface area contributed by atoms with Gasteiger partial charge in [0.05, 0.1) is 15.0 Å². The molecule has 1 aromatic heterocycles. The molecule has 1 aromatic carbocycles. The van der Waals surface area contributed by atoms with Crippen LogP contribution in [0.15, 0.2) is 24.4 Å². The highest BCUT2D eigenvalue weighted by atomic mass is 35.5. The predicted octanol–water partition coefficient (Wildman–Crippen LogP) is 3.08. The third kappa shape index (κ3) is 4.40. The molecule has 144 valence electrons. The van der Waals surface area contributed by atoms with Crippen molar-refractivity contribution in [1.82, 2.24) is 19.6 Å². The summed E-state index contributed by atoms with van der Waals surface area (Å²) in [5.74, 6) is -0.400. The van der Waals surface area contributed by atoms with E-state index in [1.165, 1.54) is 10.9 Å². The molecular formula is C17H19Cl2N5O3. The molecule has 0 radical (unpaired) electrons. The van der Waals surface area contributed by atoms with E-state index in [9.17, 15) is 14.9 Å². The molecule has 0 saturated carbocycles. The van der Waals surface area contributed by atoms with Gasteiger partial charge >= 0.3 is 5.69 Å². The van der Waals surface area contributed by atoms with Crippen molar-refractivity contribution < 1.29 is 9.72 Å². The minimum Gasteiger partial charge on any atom is -0.334 e. The van der Waals surface area contributed by atoms with Crippen LogP contribution in [0.4, 0.5) is 5.69 Å². The summed E-state index contributed by atoms with van der Waals surface area (Å²) in [5.41, 5.74) is 0.696. The molecule has 1 amide bonds. The van der Waals surface area contributed by atoms with Gasteiger partial charge in [-0.25, -0.2) is 0 Å². The lowest BCUT2D eigenvalue weighted by Crippen LogP contribution is -2.48. The van der Waals surface area contributed by atoms with Crippen LogP contribution >= 0.6 is 23.2 Å². The largest absolute Gasteiger partial charge is 0.334 e. The summed E-state index contributed by atoms with van der Waals surface area (Å²) in [5, 5.41) is 16.3. The molecule has 3 rings (SSSR count). The van der Waals surface area contributed by atoms with Crippen molar-refractivity contribution in [3.63, 3.8) is 0 Å². The number of halogens is 2. The van der Waals surface area contributed by atoms with Crippen molar-refractivity contribution in [3.05, 3.63) is 55.8 Å². The Balaban J connectivity index is 1.63. The summed E-state index contributed by atoms with van der Waals surface area (Å²) >= 11 is 12.0. The van der Waals surface area contributed by atoms with Crippen LogP contribution in [0.3, 0.4) is 0 Å². The topological polar surface area (TPSA) is 84.5 Å². The Morgan fingerprint density at radius 2 is 1.93 bits per heavy atom. The Morgan fingerprint density at radius 1 is 1.22 bits per heavy atom. The van der Waals surface area contributed by atoms with Crippen molar-refractivity contribution in [1.29, 1.82) is 0 Å². The van der Waals surface area contributed by atoms with Crippen LogP contribution < -0.4 is 0 Å². The quantitative estimate of drug-likeness (QED) is 0.557. The SMILES string of the molecule is CCn1cc([N+](=O)[O-])c(C(=O)N2CCN(Cc3ccc(Cl)c(Cl)c3)CC2)n1. The number of nitrogens with zero attached hydrogens (tertiary/aromatic N) is 5. The smallest absolute Gasteiger partial charge is 0.320 e. The van der Waals surface area contributed by atoms with Gasteiger partial charge < -0.3 is 4.90 Å². The average molecular weight is 412 g/mol. The number of hydrogen-bond acceptors (Lipinski definition) is 5. The number of hydrogen-bond donors (Lipinski definition) is 0. The molecule has 0 aliphatic carbocycles. The van der Waals surface area contributed by atoms with E-state index < -0.39 is 10.8 Å². The zero-order valence-electron chi connectivity index (χ0n) is 14.8. The van der Waals surface area contributed by atoms with Crippen LogP contribution in [-0.2, 0) is 13.1 Å². The molecule has 2 aromatic rings. The molecular weight excluding hydrogens is 393 g/mol. The second-order valence-electron chi connectivity index (χ2n) is 6.29. The van der Waals surface area contributed by atoms with Crippen molar-refractivity contribution >= 4 is 34.8 Å². The van der Waals surface area contributed by atoms with Crippen LogP contribution in [0.1, 0.15) is 23.0 Å². The van der Waals surface area contributed by atoms with Gasteiger partial charge in [0.25, 0.3) is 5.91 Å². The van der Waals surface area contributed by atoms with Gasteiger partial charge in [0.15, 0.2) is 0 Å². The predicted molar refractivity (Wildman–Crippen MR) is 102 cm³/mol.